The van der Waals surface area contributed by atoms with Crippen molar-refractivity contribution in [1.29, 1.82) is 0 Å². The Hall–Kier alpha value is -3.92. The smallest absolute Gasteiger partial charge is 0.280 e. The van der Waals surface area contributed by atoms with E-state index in [2.05, 4.69) is 30.9 Å². The number of thiazole rings is 1. The Kier molecular flexibility index (Phi) is 8.87. The minimum absolute atomic E-state index is 0.0349. The van der Waals surface area contributed by atoms with Gasteiger partial charge in [-0.3, -0.25) is 14.8 Å². The third-order valence-corrected chi connectivity index (χ3v) is 9.25. The molecule has 1 aliphatic rings. The number of hydrogen-bond donors (Lipinski definition) is 2. The van der Waals surface area contributed by atoms with Gasteiger partial charge in [-0.1, -0.05) is 28.6 Å². The van der Waals surface area contributed by atoms with E-state index < -0.39 is 21.0 Å². The number of fused-ring (bicyclic) bond motifs is 1. The SMILES string of the molecule is CNCCOc1ccc2nc(NC(=O)/C(=N/OCc3ccn(C)n3)c3ccc(S(=O)(=O)[C@H]4CCOC4)cc3)sc2n1. The lowest BCUT2D eigenvalue weighted by Crippen LogP contribution is -2.25. The molecule has 5 rings (SSSR count). The normalized spacial score (nSPS) is 15.8. The third kappa shape index (κ3) is 6.87. The number of oxime groups is 1. The van der Waals surface area contributed by atoms with Crippen LogP contribution in [0.5, 0.6) is 5.88 Å². The van der Waals surface area contributed by atoms with Gasteiger partial charge >= 0.3 is 0 Å². The lowest BCUT2D eigenvalue weighted by Gasteiger charge is -2.11. The van der Waals surface area contributed by atoms with E-state index in [0.29, 0.717) is 58.8 Å². The van der Waals surface area contributed by atoms with Crippen LogP contribution in [0.4, 0.5) is 5.13 Å². The molecular formula is C26H29N7O6S2. The van der Waals surface area contributed by atoms with Crippen LogP contribution in [0.1, 0.15) is 17.7 Å². The van der Waals surface area contributed by atoms with Crippen LogP contribution in [0.3, 0.4) is 0 Å². The highest BCUT2D eigenvalue weighted by Crippen LogP contribution is 2.27. The number of carbonyl (C=O) groups is 1. The molecule has 1 saturated heterocycles. The van der Waals surface area contributed by atoms with Crippen molar-refractivity contribution in [2.75, 3.05) is 38.7 Å². The average Bonchev–Trinajstić information content (AvgIpc) is 3.73. The van der Waals surface area contributed by atoms with Crippen LogP contribution in [-0.2, 0) is 37.9 Å². The van der Waals surface area contributed by atoms with Crippen LogP contribution in [-0.4, -0.2) is 78.4 Å². The van der Waals surface area contributed by atoms with Gasteiger partial charge in [0.15, 0.2) is 27.3 Å². The number of anilines is 1. The maximum absolute atomic E-state index is 13.4. The fraction of sp³-hybridized carbons (Fsp3) is 0.346. The van der Waals surface area contributed by atoms with E-state index in [1.807, 2.05) is 7.05 Å². The van der Waals surface area contributed by atoms with Gasteiger partial charge in [-0.15, -0.1) is 0 Å². The number of aryl methyl sites for hydroxylation is 1. The van der Waals surface area contributed by atoms with E-state index in [0.717, 1.165) is 0 Å². The molecule has 1 aromatic carbocycles. The molecule has 0 saturated carbocycles. The van der Waals surface area contributed by atoms with Crippen molar-refractivity contribution in [2.45, 2.75) is 23.2 Å². The fourth-order valence-corrected chi connectivity index (χ4v) is 6.44. The lowest BCUT2D eigenvalue weighted by molar-refractivity contribution is -0.110. The highest BCUT2D eigenvalue weighted by atomic mass is 32.2. The number of ether oxygens (including phenoxy) is 2. The first-order valence-electron chi connectivity index (χ1n) is 12.8. The highest BCUT2D eigenvalue weighted by Gasteiger charge is 2.31. The second kappa shape index (κ2) is 12.7. The molecular weight excluding hydrogens is 570 g/mol. The van der Waals surface area contributed by atoms with Crippen LogP contribution < -0.4 is 15.4 Å². The van der Waals surface area contributed by atoms with Crippen molar-refractivity contribution < 1.29 is 27.5 Å². The molecule has 0 aliphatic carbocycles. The van der Waals surface area contributed by atoms with Crippen molar-refractivity contribution in [1.82, 2.24) is 25.1 Å². The molecule has 0 bridgehead atoms. The first-order valence-corrected chi connectivity index (χ1v) is 15.2. The average molecular weight is 600 g/mol. The summed E-state index contributed by atoms with van der Waals surface area (Å²) in [4.78, 5) is 28.5. The summed E-state index contributed by atoms with van der Waals surface area (Å²) in [5.74, 6) is -0.131. The molecule has 0 radical (unpaired) electrons. The van der Waals surface area contributed by atoms with Crippen molar-refractivity contribution >= 4 is 48.3 Å². The van der Waals surface area contributed by atoms with Gasteiger partial charge in [0, 0.05) is 38.0 Å². The molecule has 1 fully saturated rings. The number of aromatic nitrogens is 4. The van der Waals surface area contributed by atoms with Gasteiger partial charge in [-0.05, 0) is 37.7 Å². The Morgan fingerprint density at radius 1 is 1.20 bits per heavy atom. The topological polar surface area (TPSA) is 159 Å². The van der Waals surface area contributed by atoms with Gasteiger partial charge in [-0.25, -0.2) is 18.4 Å². The maximum Gasteiger partial charge on any atom is 0.280 e. The molecule has 1 amide bonds. The molecule has 4 aromatic rings. The Bertz CT molecular complexity index is 1640. The Labute approximate surface area is 240 Å². The second-order valence-electron chi connectivity index (χ2n) is 9.15. The Balaban J connectivity index is 1.37. The summed E-state index contributed by atoms with van der Waals surface area (Å²) < 4.78 is 38.4. The number of pyridine rings is 1. The van der Waals surface area contributed by atoms with Crippen molar-refractivity contribution in [3.8, 4) is 5.88 Å². The van der Waals surface area contributed by atoms with Gasteiger partial charge in [0.1, 0.15) is 22.6 Å². The summed E-state index contributed by atoms with van der Waals surface area (Å²) in [5.41, 5.74) is 1.53. The standard InChI is InChI=1S/C26H29N7O6S2/c1-27-11-14-38-22-8-7-21-25(29-22)40-26(28-21)30-24(34)23(32-39-15-18-9-12-33(2)31-18)17-3-5-19(6-4-17)41(35,36)20-10-13-37-16-20/h3-9,12,20,27H,10-11,13-16H2,1-2H3,(H,28,30,34)/b32-23+/t20-/m0/s1. The summed E-state index contributed by atoms with van der Waals surface area (Å²) in [7, 11) is 0.0529. The molecule has 15 heteroatoms. The van der Waals surface area contributed by atoms with E-state index in [9.17, 15) is 13.2 Å². The molecule has 1 atom stereocenters. The van der Waals surface area contributed by atoms with E-state index in [1.165, 1.54) is 35.6 Å². The summed E-state index contributed by atoms with van der Waals surface area (Å²) in [6, 6.07) is 11.2. The monoisotopic (exact) mass is 599 g/mol. The zero-order valence-corrected chi connectivity index (χ0v) is 24.1. The quantitative estimate of drug-likeness (QED) is 0.140. The molecule has 41 heavy (non-hydrogen) atoms. The van der Waals surface area contributed by atoms with Gasteiger partial charge in [0.05, 0.1) is 16.8 Å². The minimum Gasteiger partial charge on any atom is -0.476 e. The van der Waals surface area contributed by atoms with E-state index in [4.69, 9.17) is 14.3 Å². The van der Waals surface area contributed by atoms with E-state index in [-0.39, 0.29) is 23.8 Å². The Morgan fingerprint density at radius 2 is 2.02 bits per heavy atom. The predicted molar refractivity (Wildman–Crippen MR) is 153 cm³/mol. The molecule has 4 heterocycles. The van der Waals surface area contributed by atoms with Crippen LogP contribution in [0, 0.1) is 0 Å². The fourth-order valence-electron chi connectivity index (χ4n) is 4.03. The van der Waals surface area contributed by atoms with Crippen molar-refractivity contribution in [3.05, 3.63) is 59.9 Å². The molecule has 0 spiro atoms. The minimum atomic E-state index is -3.56. The van der Waals surface area contributed by atoms with Crippen LogP contribution >= 0.6 is 11.3 Å². The van der Waals surface area contributed by atoms with Crippen molar-refractivity contribution in [2.24, 2.45) is 12.2 Å². The van der Waals surface area contributed by atoms with Gasteiger partial charge in [0.25, 0.3) is 5.91 Å². The predicted octanol–water partition coefficient (Wildman–Crippen LogP) is 2.15. The molecule has 0 unspecified atom stereocenters. The molecule has 1 aliphatic heterocycles. The van der Waals surface area contributed by atoms with Gasteiger partial charge < -0.3 is 19.6 Å². The number of likely N-dealkylation sites (N-methyl/N-ethyl adjacent to an activating group) is 1. The largest absolute Gasteiger partial charge is 0.476 e. The van der Waals surface area contributed by atoms with Crippen LogP contribution in [0.15, 0.2) is 58.7 Å². The third-order valence-electron chi connectivity index (χ3n) is 6.19. The molecule has 216 valence electrons. The molecule has 3 aromatic heterocycles. The number of hydrogen-bond acceptors (Lipinski definition) is 12. The zero-order valence-electron chi connectivity index (χ0n) is 22.4. The highest BCUT2D eigenvalue weighted by molar-refractivity contribution is 7.92. The number of amides is 1. The number of carbonyl (C=O) groups excluding carboxylic acids is 1. The number of rotatable bonds is 12. The summed E-state index contributed by atoms with van der Waals surface area (Å²) >= 11 is 1.19. The first-order chi connectivity index (χ1) is 19.8. The summed E-state index contributed by atoms with van der Waals surface area (Å²) in [5, 5.41) is 13.8. The van der Waals surface area contributed by atoms with Crippen LogP contribution in [0.25, 0.3) is 10.3 Å². The first kappa shape index (κ1) is 28.6. The van der Waals surface area contributed by atoms with Gasteiger partial charge in [-0.2, -0.15) is 5.10 Å². The Morgan fingerprint density at radius 3 is 2.73 bits per heavy atom. The van der Waals surface area contributed by atoms with Gasteiger partial charge in [0.2, 0.25) is 5.88 Å². The zero-order chi connectivity index (χ0) is 28.8. The number of benzene rings is 1. The van der Waals surface area contributed by atoms with Crippen LogP contribution in [0.2, 0.25) is 0 Å². The van der Waals surface area contributed by atoms with Crippen molar-refractivity contribution in [3.63, 3.8) is 0 Å². The second-order valence-corrected chi connectivity index (χ2v) is 12.4. The number of nitrogens with one attached hydrogen (secondary N) is 2. The lowest BCUT2D eigenvalue weighted by atomic mass is 10.1. The summed E-state index contributed by atoms with van der Waals surface area (Å²) in [6.07, 6.45) is 2.21. The maximum atomic E-state index is 13.4. The van der Waals surface area contributed by atoms with E-state index >= 15 is 0 Å². The number of nitrogens with zero attached hydrogens (tertiary/aromatic N) is 5. The molecule has 2 N–H and O–H groups in total. The number of sulfone groups is 1. The summed E-state index contributed by atoms with van der Waals surface area (Å²) in [6.45, 7) is 1.76. The molecule has 13 nitrogen and oxygen atoms in total. The van der Waals surface area contributed by atoms with E-state index in [1.54, 1.807) is 36.1 Å².